The maximum absolute atomic E-state index is 6.05. The van der Waals surface area contributed by atoms with Crippen LogP contribution in [0.3, 0.4) is 0 Å². The number of epoxide rings is 1. The Bertz CT molecular complexity index is 123. The molecule has 1 aliphatic heterocycles. The van der Waals surface area contributed by atoms with E-state index in [1.54, 1.807) is 0 Å². The molecule has 1 aliphatic rings. The average molecular weight is 171 g/mol. The Morgan fingerprint density at radius 3 is 2.58 bits per heavy atom. The first-order valence-corrected chi connectivity index (χ1v) is 5.16. The maximum atomic E-state index is 6.05. The number of ether oxygens (including phenoxy) is 1. The Labute approximate surface area is 75.5 Å². The van der Waals surface area contributed by atoms with Gasteiger partial charge in [-0.2, -0.15) is 0 Å². The van der Waals surface area contributed by atoms with Crippen molar-refractivity contribution in [3.05, 3.63) is 0 Å². The highest BCUT2D eigenvalue weighted by molar-refractivity contribution is 4.86. The largest absolute Gasteiger partial charge is 0.371 e. The highest BCUT2D eigenvalue weighted by atomic mass is 16.6. The van der Waals surface area contributed by atoms with Crippen LogP contribution in [0, 0.1) is 5.92 Å². The first-order chi connectivity index (χ1) is 5.79. The zero-order chi connectivity index (χ0) is 8.97. The van der Waals surface area contributed by atoms with Crippen LogP contribution in [0.5, 0.6) is 0 Å². The van der Waals surface area contributed by atoms with Gasteiger partial charge in [0.25, 0.3) is 0 Å². The number of nitrogens with two attached hydrogens (primary N) is 1. The van der Waals surface area contributed by atoms with E-state index in [1.165, 1.54) is 25.7 Å². The van der Waals surface area contributed by atoms with E-state index in [1.807, 2.05) is 0 Å². The summed E-state index contributed by atoms with van der Waals surface area (Å²) < 4.78 is 5.21. The minimum atomic E-state index is 0.293. The van der Waals surface area contributed by atoms with Gasteiger partial charge in [0.15, 0.2) is 0 Å². The summed E-state index contributed by atoms with van der Waals surface area (Å²) in [4.78, 5) is 0. The predicted molar refractivity (Wildman–Crippen MR) is 51.0 cm³/mol. The highest BCUT2D eigenvalue weighted by Gasteiger charge is 2.34. The molecule has 3 atom stereocenters. The Morgan fingerprint density at radius 2 is 2.17 bits per heavy atom. The van der Waals surface area contributed by atoms with Gasteiger partial charge in [0, 0.05) is 6.04 Å². The molecule has 1 heterocycles. The number of hydrogen-bond acceptors (Lipinski definition) is 2. The lowest BCUT2D eigenvalue weighted by atomic mass is 9.90. The van der Waals surface area contributed by atoms with Crippen LogP contribution in [0.4, 0.5) is 0 Å². The minimum absolute atomic E-state index is 0.293. The summed E-state index contributed by atoms with van der Waals surface area (Å²) in [5.41, 5.74) is 6.05. The van der Waals surface area contributed by atoms with E-state index >= 15 is 0 Å². The molecule has 3 unspecified atom stereocenters. The summed E-state index contributed by atoms with van der Waals surface area (Å²) in [6, 6.07) is 0.293. The molecule has 12 heavy (non-hydrogen) atoms. The Balaban J connectivity index is 2.22. The molecular weight excluding hydrogens is 150 g/mol. The molecular formula is C10H21NO. The molecule has 72 valence electrons. The average Bonchev–Trinajstić information content (AvgIpc) is 2.88. The van der Waals surface area contributed by atoms with E-state index in [0.29, 0.717) is 18.1 Å². The Morgan fingerprint density at radius 1 is 1.50 bits per heavy atom. The van der Waals surface area contributed by atoms with Gasteiger partial charge in [-0.3, -0.25) is 0 Å². The molecule has 1 saturated heterocycles. The fourth-order valence-corrected chi connectivity index (χ4v) is 1.72. The van der Waals surface area contributed by atoms with Crippen molar-refractivity contribution in [3.8, 4) is 0 Å². The summed E-state index contributed by atoms with van der Waals surface area (Å²) in [5.74, 6) is 0.678. The molecule has 0 saturated carbocycles. The maximum Gasteiger partial charge on any atom is 0.0963 e. The second kappa shape index (κ2) is 4.83. The Kier molecular flexibility index (Phi) is 4.02. The van der Waals surface area contributed by atoms with E-state index in [0.717, 1.165) is 6.61 Å². The summed E-state index contributed by atoms with van der Waals surface area (Å²) in [6.07, 6.45) is 5.43. The summed E-state index contributed by atoms with van der Waals surface area (Å²) in [6.45, 7) is 5.35. The molecule has 1 rings (SSSR count). The van der Waals surface area contributed by atoms with Crippen molar-refractivity contribution in [3.63, 3.8) is 0 Å². The van der Waals surface area contributed by atoms with E-state index in [4.69, 9.17) is 10.5 Å². The van der Waals surface area contributed by atoms with Crippen LogP contribution in [-0.4, -0.2) is 18.8 Å². The molecule has 0 spiro atoms. The smallest absolute Gasteiger partial charge is 0.0963 e. The van der Waals surface area contributed by atoms with Gasteiger partial charge in [-0.1, -0.05) is 33.1 Å². The number of unbranched alkanes of at least 4 members (excludes halogenated alkanes) is 1. The van der Waals surface area contributed by atoms with Crippen molar-refractivity contribution in [2.24, 2.45) is 11.7 Å². The van der Waals surface area contributed by atoms with E-state index in [-0.39, 0.29) is 0 Å². The quantitative estimate of drug-likeness (QED) is 0.620. The highest BCUT2D eigenvalue weighted by Crippen LogP contribution is 2.24. The van der Waals surface area contributed by atoms with Gasteiger partial charge in [-0.25, -0.2) is 0 Å². The lowest BCUT2D eigenvalue weighted by molar-refractivity contribution is 0.290. The zero-order valence-corrected chi connectivity index (χ0v) is 8.25. The van der Waals surface area contributed by atoms with Crippen LogP contribution in [-0.2, 0) is 4.74 Å². The Hall–Kier alpha value is -0.0800. The first kappa shape index (κ1) is 10.0. The molecule has 2 heteroatoms. The molecule has 0 aromatic carbocycles. The third-order valence-electron chi connectivity index (χ3n) is 2.79. The second-order valence-corrected chi connectivity index (χ2v) is 3.76. The van der Waals surface area contributed by atoms with Gasteiger partial charge in [0.2, 0.25) is 0 Å². The van der Waals surface area contributed by atoms with Gasteiger partial charge in [-0.15, -0.1) is 0 Å². The summed E-state index contributed by atoms with van der Waals surface area (Å²) in [5, 5.41) is 0. The molecule has 0 aromatic heterocycles. The number of rotatable bonds is 6. The lowest BCUT2D eigenvalue weighted by Gasteiger charge is -2.20. The van der Waals surface area contributed by atoms with Crippen LogP contribution >= 0.6 is 0 Å². The van der Waals surface area contributed by atoms with Gasteiger partial charge in [-0.05, 0) is 12.3 Å². The predicted octanol–water partition coefficient (Wildman–Crippen LogP) is 1.93. The lowest BCUT2D eigenvalue weighted by Crippen LogP contribution is -2.35. The van der Waals surface area contributed by atoms with E-state index in [2.05, 4.69) is 13.8 Å². The monoisotopic (exact) mass is 171 g/mol. The van der Waals surface area contributed by atoms with E-state index in [9.17, 15) is 0 Å². The van der Waals surface area contributed by atoms with Gasteiger partial charge < -0.3 is 10.5 Å². The van der Waals surface area contributed by atoms with Crippen LogP contribution in [0.1, 0.15) is 39.5 Å². The molecule has 2 nitrogen and oxygen atoms in total. The molecule has 0 amide bonds. The fourth-order valence-electron chi connectivity index (χ4n) is 1.72. The molecule has 0 bridgehead atoms. The van der Waals surface area contributed by atoms with Gasteiger partial charge in [0.1, 0.15) is 0 Å². The number of hydrogen-bond donors (Lipinski definition) is 1. The summed E-state index contributed by atoms with van der Waals surface area (Å²) in [7, 11) is 0. The topological polar surface area (TPSA) is 38.5 Å². The molecule has 2 N–H and O–H groups in total. The summed E-state index contributed by atoms with van der Waals surface area (Å²) >= 11 is 0. The van der Waals surface area contributed by atoms with Crippen LogP contribution < -0.4 is 5.73 Å². The second-order valence-electron chi connectivity index (χ2n) is 3.76. The van der Waals surface area contributed by atoms with Crippen LogP contribution in [0.25, 0.3) is 0 Å². The molecule has 0 radical (unpaired) electrons. The minimum Gasteiger partial charge on any atom is -0.371 e. The third kappa shape index (κ3) is 2.76. The SMILES string of the molecule is CCCCC(CC)C(N)C1CO1. The van der Waals surface area contributed by atoms with Crippen molar-refractivity contribution >= 4 is 0 Å². The molecule has 1 fully saturated rings. The fraction of sp³-hybridized carbons (Fsp3) is 1.00. The van der Waals surface area contributed by atoms with Crippen molar-refractivity contribution in [2.75, 3.05) is 6.61 Å². The van der Waals surface area contributed by atoms with Gasteiger partial charge >= 0.3 is 0 Å². The third-order valence-corrected chi connectivity index (χ3v) is 2.79. The van der Waals surface area contributed by atoms with Crippen molar-refractivity contribution < 1.29 is 4.74 Å². The van der Waals surface area contributed by atoms with Gasteiger partial charge in [0.05, 0.1) is 12.7 Å². The van der Waals surface area contributed by atoms with Crippen molar-refractivity contribution in [2.45, 2.75) is 51.7 Å². The van der Waals surface area contributed by atoms with Crippen LogP contribution in [0.2, 0.25) is 0 Å². The first-order valence-electron chi connectivity index (χ1n) is 5.16. The zero-order valence-electron chi connectivity index (χ0n) is 8.25. The van der Waals surface area contributed by atoms with E-state index < -0.39 is 0 Å². The molecule has 0 aliphatic carbocycles. The normalized spacial score (nSPS) is 26.8. The standard InChI is InChI=1S/C10H21NO/c1-3-5-6-8(4-2)10(11)9-7-12-9/h8-10H,3-7,11H2,1-2H3. The van der Waals surface area contributed by atoms with Crippen LogP contribution in [0.15, 0.2) is 0 Å². The molecule has 0 aromatic rings. The van der Waals surface area contributed by atoms with Crippen molar-refractivity contribution in [1.29, 1.82) is 0 Å². The van der Waals surface area contributed by atoms with Crippen molar-refractivity contribution in [1.82, 2.24) is 0 Å².